The second-order valence-electron chi connectivity index (χ2n) is 7.18. The number of carbonyl (C=O) groups is 1. The Balaban J connectivity index is 1.71. The van der Waals surface area contributed by atoms with Gasteiger partial charge in [-0.1, -0.05) is 24.3 Å². The molecule has 0 radical (unpaired) electrons. The van der Waals surface area contributed by atoms with Crippen molar-refractivity contribution in [2.24, 2.45) is 16.5 Å². The Morgan fingerprint density at radius 3 is 2.56 bits per heavy atom. The number of Topliss-reactive ketones (excluding diaryl/α,β-unsaturated/α-hetero) is 1. The van der Waals surface area contributed by atoms with Gasteiger partial charge in [-0.05, 0) is 37.6 Å². The summed E-state index contributed by atoms with van der Waals surface area (Å²) in [5.74, 6) is 0.927. The van der Waals surface area contributed by atoms with E-state index in [9.17, 15) is 4.79 Å². The molecule has 2 atom stereocenters. The maximum atomic E-state index is 12.9. The maximum absolute atomic E-state index is 12.9. The molecule has 1 aromatic rings. The van der Waals surface area contributed by atoms with Gasteiger partial charge in [-0.25, -0.2) is 0 Å². The molecule has 27 heavy (non-hydrogen) atoms. The van der Waals surface area contributed by atoms with Crippen molar-refractivity contribution in [3.8, 4) is 0 Å². The summed E-state index contributed by atoms with van der Waals surface area (Å²) in [7, 11) is 1.83. The molecule has 1 fully saturated rings. The Kier molecular flexibility index (Phi) is 5.77. The second kappa shape index (κ2) is 8.06. The van der Waals surface area contributed by atoms with Crippen LogP contribution >= 0.6 is 0 Å². The van der Waals surface area contributed by atoms with Crippen LogP contribution in [0.15, 0.2) is 53.6 Å². The molecule has 0 spiro atoms. The number of hydrogen-bond donors (Lipinski definition) is 2. The first-order chi connectivity index (χ1) is 13.0. The molecule has 2 aliphatic rings. The molecule has 6 heteroatoms. The molecule has 6 nitrogen and oxygen atoms in total. The number of aliphatic imine (C=N–C) groups is 1. The number of hydrogen-bond acceptors (Lipinski definition) is 5. The van der Waals surface area contributed by atoms with Crippen LogP contribution in [-0.2, 0) is 0 Å². The van der Waals surface area contributed by atoms with E-state index in [1.165, 1.54) is 0 Å². The van der Waals surface area contributed by atoms with Crippen molar-refractivity contribution in [3.63, 3.8) is 0 Å². The summed E-state index contributed by atoms with van der Waals surface area (Å²) < 4.78 is 0. The fourth-order valence-electron chi connectivity index (χ4n) is 3.61. The van der Waals surface area contributed by atoms with Gasteiger partial charge in [0.2, 0.25) is 0 Å². The predicted octanol–water partition coefficient (Wildman–Crippen LogP) is 1.58. The molecule has 1 saturated heterocycles. The standard InChI is InChI=1S/C21H29N5O/c1-16(24-2)25-12-5-13-26(15-14-25)18-9-7-17(8-10-18)20(27)21(23)11-4-3-6-19(21)22/h3-4,6-11,19H,5,12-15,22-23H2,1-2H3. The normalized spacial score (nSPS) is 26.2. The van der Waals surface area contributed by atoms with Gasteiger partial charge in [-0.3, -0.25) is 9.79 Å². The molecule has 2 unspecified atom stereocenters. The average molecular weight is 367 g/mol. The quantitative estimate of drug-likeness (QED) is 0.481. The van der Waals surface area contributed by atoms with Gasteiger partial charge in [0.1, 0.15) is 5.54 Å². The van der Waals surface area contributed by atoms with E-state index < -0.39 is 11.6 Å². The first kappa shape index (κ1) is 19.3. The fraction of sp³-hybridized carbons (Fsp3) is 0.429. The molecule has 4 N–H and O–H groups in total. The summed E-state index contributed by atoms with van der Waals surface area (Å²) in [5, 5.41) is 0. The summed E-state index contributed by atoms with van der Waals surface area (Å²) in [5.41, 5.74) is 12.9. The van der Waals surface area contributed by atoms with Gasteiger partial charge in [0.05, 0.1) is 11.9 Å². The molecule has 0 saturated carbocycles. The third kappa shape index (κ3) is 3.96. The van der Waals surface area contributed by atoms with Crippen LogP contribution < -0.4 is 16.4 Å². The number of rotatable bonds is 3. The molecule has 0 amide bonds. The van der Waals surface area contributed by atoms with Crippen LogP contribution in [0.5, 0.6) is 0 Å². The highest BCUT2D eigenvalue weighted by Gasteiger charge is 2.38. The summed E-state index contributed by atoms with van der Waals surface area (Å²) in [6, 6.07) is 7.19. The lowest BCUT2D eigenvalue weighted by atomic mass is 9.81. The van der Waals surface area contributed by atoms with E-state index >= 15 is 0 Å². The second-order valence-corrected chi connectivity index (χ2v) is 7.18. The van der Waals surface area contributed by atoms with E-state index in [4.69, 9.17) is 11.5 Å². The summed E-state index contributed by atoms with van der Waals surface area (Å²) in [6.07, 6.45) is 8.12. The monoisotopic (exact) mass is 367 g/mol. The van der Waals surface area contributed by atoms with Crippen molar-refractivity contribution >= 4 is 17.3 Å². The minimum atomic E-state index is -1.18. The third-order valence-electron chi connectivity index (χ3n) is 5.52. The molecule has 1 aliphatic carbocycles. The number of benzene rings is 1. The minimum Gasteiger partial charge on any atom is -0.370 e. The van der Waals surface area contributed by atoms with Crippen LogP contribution in [0, 0.1) is 0 Å². The molecule has 1 heterocycles. The van der Waals surface area contributed by atoms with Gasteiger partial charge in [0.25, 0.3) is 0 Å². The Morgan fingerprint density at radius 1 is 1.15 bits per heavy atom. The van der Waals surface area contributed by atoms with Crippen molar-refractivity contribution in [1.82, 2.24) is 4.90 Å². The van der Waals surface area contributed by atoms with Gasteiger partial charge >= 0.3 is 0 Å². The zero-order valence-electron chi connectivity index (χ0n) is 16.1. The Hall–Kier alpha value is -2.44. The van der Waals surface area contributed by atoms with Crippen molar-refractivity contribution in [2.75, 3.05) is 38.1 Å². The molecule has 0 bridgehead atoms. The maximum Gasteiger partial charge on any atom is 0.188 e. The van der Waals surface area contributed by atoms with Crippen LogP contribution in [0.3, 0.4) is 0 Å². The van der Waals surface area contributed by atoms with Crippen LogP contribution in [0.1, 0.15) is 23.7 Å². The summed E-state index contributed by atoms with van der Waals surface area (Å²) in [4.78, 5) is 21.9. The lowest BCUT2D eigenvalue weighted by molar-refractivity contribution is 0.0912. The zero-order valence-corrected chi connectivity index (χ0v) is 16.1. The number of nitrogens with zero attached hydrogens (tertiary/aromatic N) is 3. The number of amidine groups is 1. The Labute approximate surface area is 161 Å². The highest BCUT2D eigenvalue weighted by molar-refractivity contribution is 6.05. The molecular weight excluding hydrogens is 338 g/mol. The average Bonchev–Trinajstić information content (AvgIpc) is 2.95. The van der Waals surface area contributed by atoms with E-state index in [1.54, 1.807) is 18.2 Å². The minimum absolute atomic E-state index is 0.154. The zero-order chi connectivity index (χ0) is 19.4. The lowest BCUT2D eigenvalue weighted by Gasteiger charge is -2.31. The van der Waals surface area contributed by atoms with Gasteiger partial charge in [0.15, 0.2) is 5.78 Å². The van der Waals surface area contributed by atoms with E-state index in [2.05, 4.69) is 21.7 Å². The van der Waals surface area contributed by atoms with Crippen molar-refractivity contribution < 1.29 is 4.79 Å². The molecule has 144 valence electrons. The number of carbonyl (C=O) groups excluding carboxylic acids is 1. The molecular formula is C21H29N5O. The van der Waals surface area contributed by atoms with Crippen LogP contribution in [0.4, 0.5) is 5.69 Å². The summed E-state index contributed by atoms with van der Waals surface area (Å²) >= 11 is 0. The van der Waals surface area contributed by atoms with Crippen molar-refractivity contribution in [3.05, 3.63) is 54.1 Å². The van der Waals surface area contributed by atoms with Gasteiger partial charge in [0, 0.05) is 44.5 Å². The van der Waals surface area contributed by atoms with E-state index in [0.717, 1.165) is 44.1 Å². The number of allylic oxidation sites excluding steroid dienone is 2. The Bertz CT molecular complexity index is 767. The smallest absolute Gasteiger partial charge is 0.188 e. The predicted molar refractivity (Wildman–Crippen MR) is 111 cm³/mol. The molecule has 1 aliphatic heterocycles. The number of anilines is 1. The van der Waals surface area contributed by atoms with E-state index in [-0.39, 0.29) is 5.78 Å². The fourth-order valence-corrected chi connectivity index (χ4v) is 3.61. The highest BCUT2D eigenvalue weighted by atomic mass is 16.1. The van der Waals surface area contributed by atoms with Gasteiger partial charge in [-0.15, -0.1) is 0 Å². The van der Waals surface area contributed by atoms with Gasteiger partial charge < -0.3 is 21.3 Å². The van der Waals surface area contributed by atoms with Crippen molar-refractivity contribution in [2.45, 2.75) is 24.9 Å². The lowest BCUT2D eigenvalue weighted by Crippen LogP contribution is -2.59. The molecule has 1 aromatic carbocycles. The molecule has 0 aromatic heterocycles. The highest BCUT2D eigenvalue weighted by Crippen LogP contribution is 2.23. The summed E-state index contributed by atoms with van der Waals surface area (Å²) in [6.45, 7) is 5.93. The third-order valence-corrected chi connectivity index (χ3v) is 5.52. The number of nitrogens with two attached hydrogens (primary N) is 2. The van der Waals surface area contributed by atoms with E-state index in [0.29, 0.717) is 5.56 Å². The van der Waals surface area contributed by atoms with Crippen LogP contribution in [0.2, 0.25) is 0 Å². The Morgan fingerprint density at radius 2 is 1.89 bits per heavy atom. The SMILES string of the molecule is CN=C(C)N1CCCN(c2ccc(C(=O)C3(N)C=CC=CC3N)cc2)CC1. The molecule has 3 rings (SSSR count). The van der Waals surface area contributed by atoms with Gasteiger partial charge in [-0.2, -0.15) is 0 Å². The largest absolute Gasteiger partial charge is 0.370 e. The van der Waals surface area contributed by atoms with Crippen molar-refractivity contribution in [1.29, 1.82) is 0 Å². The first-order valence-corrected chi connectivity index (χ1v) is 9.44. The topological polar surface area (TPSA) is 87.9 Å². The van der Waals surface area contributed by atoms with E-state index in [1.807, 2.05) is 37.4 Å². The number of ketones is 1. The first-order valence-electron chi connectivity index (χ1n) is 9.44. The van der Waals surface area contributed by atoms with Crippen LogP contribution in [0.25, 0.3) is 0 Å². The van der Waals surface area contributed by atoms with Crippen LogP contribution in [-0.4, -0.2) is 61.3 Å².